The Labute approximate surface area is 174 Å². The van der Waals surface area contributed by atoms with Gasteiger partial charge in [-0.3, -0.25) is 14.5 Å². The van der Waals surface area contributed by atoms with Crippen LogP contribution in [-0.4, -0.2) is 56.1 Å². The van der Waals surface area contributed by atoms with E-state index in [1.807, 2.05) is 43.1 Å². The third-order valence-electron chi connectivity index (χ3n) is 4.48. The van der Waals surface area contributed by atoms with Crippen LogP contribution in [0.3, 0.4) is 0 Å². The molecule has 0 radical (unpaired) electrons. The van der Waals surface area contributed by atoms with Gasteiger partial charge in [-0.15, -0.1) is 0 Å². The second kappa shape index (κ2) is 9.62. The maximum atomic E-state index is 12.1. The zero-order chi connectivity index (χ0) is 20.8. The molecule has 1 heterocycles. The first-order valence-electron chi connectivity index (χ1n) is 9.31. The van der Waals surface area contributed by atoms with Crippen molar-refractivity contribution in [2.45, 2.75) is 13.0 Å². The molecule has 0 aromatic heterocycles. The molecule has 2 amide bonds. The molecule has 0 aliphatic carbocycles. The maximum absolute atomic E-state index is 12.1. The Hall–Kier alpha value is -2.77. The number of carbonyl (C=O) groups is 2. The number of fused-ring (bicyclic) bond motifs is 1. The summed E-state index contributed by atoms with van der Waals surface area (Å²) in [4.78, 5) is 26.1. The highest BCUT2D eigenvalue weighted by Gasteiger charge is 2.22. The Balaban J connectivity index is 1.40. The van der Waals surface area contributed by atoms with Crippen LogP contribution >= 0.6 is 11.6 Å². The zero-order valence-electron chi connectivity index (χ0n) is 16.4. The molecular weight excluding hydrogens is 394 g/mol. The van der Waals surface area contributed by atoms with E-state index in [0.717, 1.165) is 11.3 Å². The monoisotopic (exact) mass is 417 g/mol. The van der Waals surface area contributed by atoms with Gasteiger partial charge in [-0.25, -0.2) is 0 Å². The lowest BCUT2D eigenvalue weighted by atomic mass is 10.2. The van der Waals surface area contributed by atoms with Gasteiger partial charge >= 0.3 is 0 Å². The second-order valence-corrected chi connectivity index (χ2v) is 7.34. The summed E-state index contributed by atoms with van der Waals surface area (Å²) in [6, 6.07) is 12.8. The van der Waals surface area contributed by atoms with E-state index in [1.165, 1.54) is 0 Å². The fraction of sp³-hybridized carbons (Fsp3) is 0.333. The molecule has 0 unspecified atom stereocenters. The lowest BCUT2D eigenvalue weighted by Gasteiger charge is -2.29. The van der Waals surface area contributed by atoms with E-state index in [4.69, 9.17) is 21.1 Å². The topological polar surface area (TPSA) is 79.9 Å². The first kappa shape index (κ1) is 21.0. The van der Waals surface area contributed by atoms with Crippen LogP contribution in [0.4, 0.5) is 5.69 Å². The average molecular weight is 418 g/mol. The molecule has 154 valence electrons. The van der Waals surface area contributed by atoms with Crippen LogP contribution in [0.5, 0.6) is 11.5 Å². The minimum Gasteiger partial charge on any atom is -0.486 e. The molecule has 2 aromatic rings. The minimum absolute atomic E-state index is 0.116. The van der Waals surface area contributed by atoms with Gasteiger partial charge < -0.3 is 20.1 Å². The molecule has 0 spiro atoms. The number of carbonyl (C=O) groups excluding carboxylic acids is 2. The van der Waals surface area contributed by atoms with Crippen LogP contribution in [0.1, 0.15) is 5.56 Å². The number of anilines is 1. The summed E-state index contributed by atoms with van der Waals surface area (Å²) in [5.41, 5.74) is 1.41. The van der Waals surface area contributed by atoms with Crippen molar-refractivity contribution in [3.63, 3.8) is 0 Å². The van der Waals surface area contributed by atoms with Crippen molar-refractivity contribution in [1.29, 1.82) is 0 Å². The van der Waals surface area contributed by atoms with Gasteiger partial charge in [-0.05, 0) is 43.8 Å². The molecule has 0 saturated heterocycles. The lowest BCUT2D eigenvalue weighted by molar-refractivity contribution is -0.125. The van der Waals surface area contributed by atoms with Crippen molar-refractivity contribution >= 4 is 29.1 Å². The van der Waals surface area contributed by atoms with Crippen molar-refractivity contribution in [2.24, 2.45) is 0 Å². The van der Waals surface area contributed by atoms with Crippen molar-refractivity contribution < 1.29 is 19.1 Å². The van der Waals surface area contributed by atoms with E-state index >= 15 is 0 Å². The highest BCUT2D eigenvalue weighted by molar-refractivity contribution is 6.31. The first-order chi connectivity index (χ1) is 13.9. The third-order valence-corrected chi connectivity index (χ3v) is 4.89. The standard InChI is InChI=1S/C21H24ClN3O4/c1-14-16(22)6-5-7-17(14)24-20(26)10-23-21(27)12-25(2)11-15-13-28-18-8-3-4-9-19(18)29-15/h3-9,15H,10-13H2,1-2H3,(H,23,27)(H,24,26)/t15-/m1/s1. The van der Waals surface area contributed by atoms with Gasteiger partial charge in [0.25, 0.3) is 0 Å². The van der Waals surface area contributed by atoms with Crippen LogP contribution in [0, 0.1) is 6.92 Å². The minimum atomic E-state index is -0.313. The normalized spacial score (nSPS) is 15.1. The number of amides is 2. The van der Waals surface area contributed by atoms with E-state index in [-0.39, 0.29) is 31.0 Å². The summed E-state index contributed by atoms with van der Waals surface area (Å²) in [6.45, 7) is 2.79. The van der Waals surface area contributed by atoms with E-state index in [2.05, 4.69) is 10.6 Å². The average Bonchev–Trinajstić information content (AvgIpc) is 2.70. The van der Waals surface area contributed by atoms with Gasteiger partial charge in [-0.1, -0.05) is 29.8 Å². The highest BCUT2D eigenvalue weighted by Crippen LogP contribution is 2.30. The van der Waals surface area contributed by atoms with Crippen LogP contribution in [0.2, 0.25) is 5.02 Å². The molecule has 29 heavy (non-hydrogen) atoms. The number of nitrogens with zero attached hydrogens (tertiary/aromatic N) is 1. The van der Waals surface area contributed by atoms with Crippen LogP contribution in [0.15, 0.2) is 42.5 Å². The summed E-state index contributed by atoms with van der Waals surface area (Å²) in [6.07, 6.45) is -0.170. The van der Waals surface area contributed by atoms with E-state index in [0.29, 0.717) is 29.6 Å². The maximum Gasteiger partial charge on any atom is 0.243 e. The quantitative estimate of drug-likeness (QED) is 0.723. The van der Waals surface area contributed by atoms with Gasteiger partial charge in [0, 0.05) is 17.3 Å². The number of halogens is 1. The number of nitrogens with one attached hydrogen (secondary N) is 2. The summed E-state index contributed by atoms with van der Waals surface area (Å²) in [7, 11) is 1.82. The highest BCUT2D eigenvalue weighted by atomic mass is 35.5. The van der Waals surface area contributed by atoms with E-state index in [9.17, 15) is 9.59 Å². The molecular formula is C21H24ClN3O4. The fourth-order valence-corrected chi connectivity index (χ4v) is 3.16. The molecule has 2 aromatic carbocycles. The number of benzene rings is 2. The molecule has 7 nitrogen and oxygen atoms in total. The molecule has 8 heteroatoms. The van der Waals surface area contributed by atoms with Crippen LogP contribution < -0.4 is 20.1 Å². The van der Waals surface area contributed by atoms with E-state index in [1.54, 1.807) is 18.2 Å². The number of para-hydroxylation sites is 2. The summed E-state index contributed by atoms with van der Waals surface area (Å²) >= 11 is 6.04. The van der Waals surface area contributed by atoms with Crippen LogP contribution in [-0.2, 0) is 9.59 Å². The van der Waals surface area contributed by atoms with Gasteiger partial charge in [-0.2, -0.15) is 0 Å². The number of likely N-dealkylation sites (N-methyl/N-ethyl adjacent to an activating group) is 1. The van der Waals surface area contributed by atoms with Gasteiger partial charge in [0.15, 0.2) is 11.5 Å². The number of rotatable bonds is 7. The largest absolute Gasteiger partial charge is 0.486 e. The molecule has 0 fully saturated rings. The molecule has 0 bridgehead atoms. The Morgan fingerprint density at radius 2 is 1.90 bits per heavy atom. The molecule has 1 aliphatic heterocycles. The Morgan fingerprint density at radius 1 is 1.14 bits per heavy atom. The first-order valence-corrected chi connectivity index (χ1v) is 9.69. The van der Waals surface area contributed by atoms with E-state index < -0.39 is 0 Å². The summed E-state index contributed by atoms with van der Waals surface area (Å²) < 4.78 is 11.6. The number of hydrogen-bond donors (Lipinski definition) is 2. The fourth-order valence-electron chi connectivity index (χ4n) is 2.98. The third kappa shape index (κ3) is 5.85. The van der Waals surface area contributed by atoms with Crippen molar-refractivity contribution in [3.05, 3.63) is 53.1 Å². The Bertz CT molecular complexity index is 890. The van der Waals surface area contributed by atoms with Crippen molar-refractivity contribution in [3.8, 4) is 11.5 Å². The molecule has 1 aliphatic rings. The summed E-state index contributed by atoms with van der Waals surface area (Å²) in [5, 5.41) is 5.94. The smallest absolute Gasteiger partial charge is 0.243 e. The van der Waals surface area contributed by atoms with Crippen LogP contribution in [0.25, 0.3) is 0 Å². The predicted octanol–water partition coefficient (Wildman–Crippen LogP) is 2.47. The number of hydrogen-bond acceptors (Lipinski definition) is 5. The second-order valence-electron chi connectivity index (χ2n) is 6.93. The van der Waals surface area contributed by atoms with Gasteiger partial charge in [0.1, 0.15) is 12.7 Å². The predicted molar refractivity (Wildman–Crippen MR) is 112 cm³/mol. The summed E-state index contributed by atoms with van der Waals surface area (Å²) in [5.74, 6) is 0.870. The Kier molecular flexibility index (Phi) is 6.95. The van der Waals surface area contributed by atoms with Crippen molar-refractivity contribution in [1.82, 2.24) is 10.2 Å². The molecule has 2 N–H and O–H groups in total. The molecule has 1 atom stereocenters. The molecule has 0 saturated carbocycles. The SMILES string of the molecule is Cc1c(Cl)cccc1NC(=O)CNC(=O)CN(C)C[C@@H]1COc2ccccc2O1. The van der Waals surface area contributed by atoms with Gasteiger partial charge in [0.2, 0.25) is 11.8 Å². The van der Waals surface area contributed by atoms with Gasteiger partial charge in [0.05, 0.1) is 13.1 Å². The van der Waals surface area contributed by atoms with Crippen molar-refractivity contribution in [2.75, 3.05) is 38.6 Å². The molecule has 3 rings (SSSR count). The number of ether oxygens (including phenoxy) is 2. The lowest BCUT2D eigenvalue weighted by Crippen LogP contribution is -2.44. The zero-order valence-corrected chi connectivity index (χ0v) is 17.2. The Morgan fingerprint density at radius 3 is 2.69 bits per heavy atom.